The van der Waals surface area contributed by atoms with Gasteiger partial charge in [-0.1, -0.05) is 24.3 Å². The minimum atomic E-state index is -0.262. The number of pyridine rings is 1. The topological polar surface area (TPSA) is 64.0 Å². The maximum Gasteiger partial charge on any atom is 0.271 e. The fraction of sp³-hybridized carbons (Fsp3) is 0.286. The average molecular weight is 474 g/mol. The Balaban J connectivity index is 1.63. The van der Waals surface area contributed by atoms with E-state index in [0.717, 1.165) is 18.7 Å². The molecule has 2 heterocycles. The summed E-state index contributed by atoms with van der Waals surface area (Å²) in [5.74, 6) is 0.960. The zero-order chi connectivity index (χ0) is 24.9. The van der Waals surface area contributed by atoms with E-state index in [4.69, 9.17) is 9.47 Å². The highest BCUT2D eigenvalue weighted by Crippen LogP contribution is 2.29. The summed E-state index contributed by atoms with van der Waals surface area (Å²) in [6.07, 6.45) is 3.35. The summed E-state index contributed by atoms with van der Waals surface area (Å²) in [5.41, 5.74) is 4.49. The second kappa shape index (κ2) is 10.5. The van der Waals surface area contributed by atoms with Gasteiger partial charge in [0, 0.05) is 44.1 Å². The Morgan fingerprint density at radius 3 is 2.31 bits per heavy atom. The van der Waals surface area contributed by atoms with Crippen LogP contribution in [0.2, 0.25) is 0 Å². The molecule has 0 bridgehead atoms. The third kappa shape index (κ3) is 5.09. The highest BCUT2D eigenvalue weighted by Gasteiger charge is 2.26. The molecule has 1 fully saturated rings. The van der Waals surface area contributed by atoms with Gasteiger partial charge < -0.3 is 19.3 Å². The Kier molecular flexibility index (Phi) is 7.25. The second-order valence-electron chi connectivity index (χ2n) is 8.55. The van der Waals surface area contributed by atoms with Crippen molar-refractivity contribution in [3.8, 4) is 11.5 Å². The number of amides is 1. The normalized spacial score (nSPS) is 14.1. The van der Waals surface area contributed by atoms with Gasteiger partial charge in [0.25, 0.3) is 11.5 Å². The molecule has 1 amide bonds. The number of hydrogen-bond donors (Lipinski definition) is 0. The number of benzene rings is 2. The SMILES string of the molecule is COc1ccc(C=C(C(=O)N2CCN(c3cccc(C)c3C)CC2)n2ccccc2=O)cc1OC. The molecule has 0 spiro atoms. The Hall–Kier alpha value is -4.00. The molecule has 1 saturated heterocycles. The Morgan fingerprint density at radius 1 is 0.886 bits per heavy atom. The second-order valence-corrected chi connectivity index (χ2v) is 8.55. The van der Waals surface area contributed by atoms with E-state index >= 15 is 0 Å². The number of aromatic nitrogens is 1. The van der Waals surface area contributed by atoms with Crippen LogP contribution in [-0.2, 0) is 4.79 Å². The van der Waals surface area contributed by atoms with Crippen LogP contribution in [0.5, 0.6) is 11.5 Å². The molecule has 0 radical (unpaired) electrons. The standard InChI is InChI=1S/C28H31N3O4/c1-20-8-7-9-23(21(20)2)29-14-16-30(17-15-29)28(33)24(31-13-6-5-10-27(31)32)18-22-11-12-25(34-3)26(19-22)35-4/h5-13,18-19H,14-17H2,1-4H3. The van der Waals surface area contributed by atoms with Crippen LogP contribution < -0.4 is 19.9 Å². The minimum Gasteiger partial charge on any atom is -0.493 e. The van der Waals surface area contributed by atoms with Gasteiger partial charge >= 0.3 is 0 Å². The van der Waals surface area contributed by atoms with Crippen molar-refractivity contribution >= 4 is 23.4 Å². The van der Waals surface area contributed by atoms with Gasteiger partial charge in [0.15, 0.2) is 11.5 Å². The highest BCUT2D eigenvalue weighted by molar-refractivity contribution is 6.18. The molecule has 0 aliphatic carbocycles. The van der Waals surface area contributed by atoms with Crippen molar-refractivity contribution in [2.24, 2.45) is 0 Å². The van der Waals surface area contributed by atoms with E-state index in [1.807, 2.05) is 11.0 Å². The molecule has 7 heteroatoms. The van der Waals surface area contributed by atoms with E-state index < -0.39 is 0 Å². The Morgan fingerprint density at radius 2 is 1.63 bits per heavy atom. The maximum atomic E-state index is 13.7. The summed E-state index contributed by atoms with van der Waals surface area (Å²) in [4.78, 5) is 30.5. The first-order chi connectivity index (χ1) is 16.9. The summed E-state index contributed by atoms with van der Waals surface area (Å²) < 4.78 is 12.1. The van der Waals surface area contributed by atoms with Gasteiger partial charge in [0.2, 0.25) is 0 Å². The number of aryl methyl sites for hydroxylation is 1. The molecule has 182 valence electrons. The third-order valence-electron chi connectivity index (χ3n) is 6.50. The van der Waals surface area contributed by atoms with Crippen LogP contribution in [0, 0.1) is 13.8 Å². The van der Waals surface area contributed by atoms with Crippen LogP contribution in [0.15, 0.2) is 65.6 Å². The van der Waals surface area contributed by atoms with E-state index in [0.29, 0.717) is 30.3 Å². The average Bonchev–Trinajstić information content (AvgIpc) is 2.89. The van der Waals surface area contributed by atoms with Gasteiger partial charge in [-0.2, -0.15) is 0 Å². The van der Waals surface area contributed by atoms with Gasteiger partial charge in [-0.15, -0.1) is 0 Å². The molecule has 4 rings (SSSR count). The lowest BCUT2D eigenvalue weighted by atomic mass is 10.1. The minimum absolute atomic E-state index is 0.186. The summed E-state index contributed by atoms with van der Waals surface area (Å²) >= 11 is 0. The van der Waals surface area contributed by atoms with Gasteiger partial charge in [0.05, 0.1) is 14.2 Å². The number of carbonyl (C=O) groups excluding carboxylic acids is 1. The number of rotatable bonds is 6. The van der Waals surface area contributed by atoms with E-state index in [1.54, 1.807) is 50.8 Å². The molecule has 0 unspecified atom stereocenters. The fourth-order valence-corrected chi connectivity index (χ4v) is 4.35. The van der Waals surface area contributed by atoms with E-state index in [9.17, 15) is 9.59 Å². The van der Waals surface area contributed by atoms with Crippen LogP contribution >= 0.6 is 0 Å². The van der Waals surface area contributed by atoms with E-state index in [-0.39, 0.29) is 11.5 Å². The lowest BCUT2D eigenvalue weighted by Crippen LogP contribution is -2.49. The van der Waals surface area contributed by atoms with E-state index in [2.05, 4.69) is 36.9 Å². The Labute approximate surface area is 205 Å². The summed E-state index contributed by atoms with van der Waals surface area (Å²) in [6.45, 7) is 6.83. The van der Waals surface area contributed by atoms with Gasteiger partial charge in [-0.05, 0) is 60.9 Å². The van der Waals surface area contributed by atoms with Crippen LogP contribution in [0.4, 0.5) is 5.69 Å². The van der Waals surface area contributed by atoms with Crippen molar-refractivity contribution in [3.63, 3.8) is 0 Å². The van der Waals surface area contributed by atoms with Crippen LogP contribution in [0.3, 0.4) is 0 Å². The van der Waals surface area contributed by atoms with Gasteiger partial charge in [-0.3, -0.25) is 14.2 Å². The monoisotopic (exact) mass is 473 g/mol. The lowest BCUT2D eigenvalue weighted by molar-refractivity contribution is -0.125. The van der Waals surface area contributed by atoms with Crippen molar-refractivity contribution in [2.75, 3.05) is 45.3 Å². The maximum absolute atomic E-state index is 13.7. The van der Waals surface area contributed by atoms with E-state index in [1.165, 1.54) is 27.4 Å². The number of hydrogen-bond acceptors (Lipinski definition) is 5. The lowest BCUT2D eigenvalue weighted by Gasteiger charge is -2.37. The highest BCUT2D eigenvalue weighted by atomic mass is 16.5. The van der Waals surface area contributed by atoms with Crippen molar-refractivity contribution < 1.29 is 14.3 Å². The zero-order valence-electron chi connectivity index (χ0n) is 20.7. The van der Waals surface area contributed by atoms with Crippen molar-refractivity contribution in [3.05, 3.63) is 87.8 Å². The first-order valence-corrected chi connectivity index (χ1v) is 11.6. The molecule has 7 nitrogen and oxygen atoms in total. The number of nitrogens with zero attached hydrogens (tertiary/aromatic N) is 3. The number of methoxy groups -OCH3 is 2. The third-order valence-corrected chi connectivity index (χ3v) is 6.50. The van der Waals surface area contributed by atoms with Crippen LogP contribution in [0.1, 0.15) is 16.7 Å². The fourth-order valence-electron chi connectivity index (χ4n) is 4.35. The molecule has 2 aromatic carbocycles. The smallest absolute Gasteiger partial charge is 0.271 e. The van der Waals surface area contributed by atoms with Crippen LogP contribution in [-0.4, -0.2) is 55.8 Å². The summed E-state index contributed by atoms with van der Waals surface area (Å²) in [7, 11) is 3.14. The molecule has 1 aliphatic heterocycles. The van der Waals surface area contributed by atoms with Crippen LogP contribution in [0.25, 0.3) is 11.8 Å². The van der Waals surface area contributed by atoms with Crippen molar-refractivity contribution in [1.82, 2.24) is 9.47 Å². The number of ether oxygens (including phenoxy) is 2. The molecule has 1 aliphatic rings. The predicted molar refractivity (Wildman–Crippen MR) is 139 cm³/mol. The molecular weight excluding hydrogens is 442 g/mol. The molecule has 3 aromatic rings. The number of carbonyl (C=O) groups is 1. The molecular formula is C28H31N3O4. The molecule has 35 heavy (non-hydrogen) atoms. The van der Waals surface area contributed by atoms with Crippen molar-refractivity contribution in [2.45, 2.75) is 13.8 Å². The molecule has 0 atom stereocenters. The largest absolute Gasteiger partial charge is 0.493 e. The quantitative estimate of drug-likeness (QED) is 0.509. The molecule has 1 aromatic heterocycles. The van der Waals surface area contributed by atoms with Gasteiger partial charge in [-0.25, -0.2) is 0 Å². The van der Waals surface area contributed by atoms with Gasteiger partial charge in [0.1, 0.15) is 5.70 Å². The zero-order valence-corrected chi connectivity index (χ0v) is 20.7. The number of piperazine rings is 1. The summed E-state index contributed by atoms with van der Waals surface area (Å²) in [6, 6.07) is 16.6. The van der Waals surface area contributed by atoms with Crippen molar-refractivity contribution in [1.29, 1.82) is 0 Å². The predicted octanol–water partition coefficient (Wildman–Crippen LogP) is 3.83. The first-order valence-electron chi connectivity index (χ1n) is 11.6. The first kappa shape index (κ1) is 24.1. The molecule has 0 saturated carbocycles. The molecule has 0 N–H and O–H groups in total. The number of anilines is 1. The summed E-state index contributed by atoms with van der Waals surface area (Å²) in [5, 5.41) is 0. The Bertz CT molecular complexity index is 1300.